The van der Waals surface area contributed by atoms with Crippen molar-refractivity contribution in [3.05, 3.63) is 23.8 Å². The second-order valence-electron chi connectivity index (χ2n) is 9.47. The van der Waals surface area contributed by atoms with Crippen LogP contribution in [0.2, 0.25) is 0 Å². The standard InChI is InChI=1S/C22H30O5/c1-20-8-6-14(23)10-13(20)4-5-15-16-7-9-22(26,18(25)12-27-3)21(16,2)11-17(24)19(15)20/h6,8,10,15-17,19,24,26H,4-5,7,9,11-12H2,1-3H3. The van der Waals surface area contributed by atoms with Crippen molar-refractivity contribution in [1.82, 2.24) is 0 Å². The van der Waals surface area contributed by atoms with E-state index in [1.807, 2.05) is 13.0 Å². The monoisotopic (exact) mass is 374 g/mol. The van der Waals surface area contributed by atoms with E-state index in [1.165, 1.54) is 7.11 Å². The molecule has 4 aliphatic rings. The maximum absolute atomic E-state index is 12.7. The van der Waals surface area contributed by atoms with Crippen LogP contribution in [0.5, 0.6) is 0 Å². The summed E-state index contributed by atoms with van der Waals surface area (Å²) in [4.78, 5) is 24.6. The summed E-state index contributed by atoms with van der Waals surface area (Å²) in [5, 5.41) is 22.6. The summed E-state index contributed by atoms with van der Waals surface area (Å²) in [5.74, 6) is 0.173. The van der Waals surface area contributed by atoms with Gasteiger partial charge in [-0.25, -0.2) is 0 Å². The third-order valence-electron chi connectivity index (χ3n) is 8.38. The minimum Gasteiger partial charge on any atom is -0.393 e. The molecule has 3 saturated carbocycles. The van der Waals surface area contributed by atoms with Gasteiger partial charge in [-0.05, 0) is 56.1 Å². The van der Waals surface area contributed by atoms with Gasteiger partial charge in [-0.1, -0.05) is 25.5 Å². The van der Waals surface area contributed by atoms with Gasteiger partial charge in [0.15, 0.2) is 11.6 Å². The predicted molar refractivity (Wildman–Crippen MR) is 99.8 cm³/mol. The lowest BCUT2D eigenvalue weighted by molar-refractivity contribution is -0.179. The van der Waals surface area contributed by atoms with Crippen LogP contribution in [0.1, 0.15) is 46.0 Å². The summed E-state index contributed by atoms with van der Waals surface area (Å²) in [7, 11) is 1.47. The Morgan fingerprint density at radius 1 is 1.33 bits per heavy atom. The van der Waals surface area contributed by atoms with Crippen molar-refractivity contribution in [2.24, 2.45) is 28.6 Å². The van der Waals surface area contributed by atoms with E-state index in [0.717, 1.165) is 24.8 Å². The largest absolute Gasteiger partial charge is 0.393 e. The molecular formula is C22H30O5. The van der Waals surface area contributed by atoms with Gasteiger partial charge in [0.05, 0.1) is 6.10 Å². The fourth-order valence-corrected chi connectivity index (χ4v) is 7.04. The van der Waals surface area contributed by atoms with Crippen molar-refractivity contribution < 1.29 is 24.5 Å². The van der Waals surface area contributed by atoms with Crippen molar-refractivity contribution in [3.8, 4) is 0 Å². The van der Waals surface area contributed by atoms with E-state index in [9.17, 15) is 19.8 Å². The third-order valence-corrected chi connectivity index (χ3v) is 8.38. The van der Waals surface area contributed by atoms with E-state index in [0.29, 0.717) is 12.8 Å². The topological polar surface area (TPSA) is 83.8 Å². The first-order valence-electron chi connectivity index (χ1n) is 10.0. The molecule has 0 amide bonds. The van der Waals surface area contributed by atoms with Gasteiger partial charge in [-0.2, -0.15) is 0 Å². The van der Waals surface area contributed by atoms with Crippen molar-refractivity contribution in [2.45, 2.75) is 57.7 Å². The Morgan fingerprint density at radius 3 is 2.78 bits per heavy atom. The lowest BCUT2D eigenvalue weighted by Gasteiger charge is -2.59. The molecule has 0 heterocycles. The summed E-state index contributed by atoms with van der Waals surface area (Å²) in [6, 6.07) is 0. The maximum atomic E-state index is 12.7. The summed E-state index contributed by atoms with van der Waals surface area (Å²) >= 11 is 0. The molecule has 2 N–H and O–H groups in total. The number of rotatable bonds is 3. The maximum Gasteiger partial charge on any atom is 0.190 e. The number of fused-ring (bicyclic) bond motifs is 5. The van der Waals surface area contributed by atoms with E-state index in [4.69, 9.17) is 4.74 Å². The summed E-state index contributed by atoms with van der Waals surface area (Å²) < 4.78 is 5.02. The molecule has 0 aromatic heterocycles. The zero-order chi connectivity index (χ0) is 19.6. The van der Waals surface area contributed by atoms with E-state index in [-0.39, 0.29) is 41.3 Å². The molecule has 0 aromatic carbocycles. The third kappa shape index (κ3) is 2.41. The number of carbonyl (C=O) groups excluding carboxylic acids is 2. The van der Waals surface area contributed by atoms with E-state index in [1.54, 1.807) is 12.2 Å². The highest BCUT2D eigenvalue weighted by Gasteiger charge is 2.68. The van der Waals surface area contributed by atoms with E-state index >= 15 is 0 Å². The second kappa shape index (κ2) is 6.10. The number of carbonyl (C=O) groups is 2. The molecule has 4 aliphatic carbocycles. The molecule has 0 bridgehead atoms. The molecule has 5 nitrogen and oxygen atoms in total. The van der Waals surface area contributed by atoms with Gasteiger partial charge < -0.3 is 14.9 Å². The highest BCUT2D eigenvalue weighted by atomic mass is 16.5. The zero-order valence-electron chi connectivity index (χ0n) is 16.4. The average molecular weight is 374 g/mol. The van der Waals surface area contributed by atoms with Crippen LogP contribution in [-0.4, -0.2) is 47.2 Å². The number of Topliss-reactive ketones (excluding diaryl/α,β-unsaturated/α-hetero) is 1. The molecule has 27 heavy (non-hydrogen) atoms. The number of ether oxygens (including phenoxy) is 1. The number of methoxy groups -OCH3 is 1. The molecule has 0 aliphatic heterocycles. The molecule has 3 fully saturated rings. The minimum atomic E-state index is -1.44. The van der Waals surface area contributed by atoms with Crippen molar-refractivity contribution in [1.29, 1.82) is 0 Å². The van der Waals surface area contributed by atoms with Gasteiger partial charge in [-0.3, -0.25) is 9.59 Å². The van der Waals surface area contributed by atoms with Crippen LogP contribution in [0.4, 0.5) is 0 Å². The highest BCUT2D eigenvalue weighted by molar-refractivity contribution is 6.01. The van der Waals surface area contributed by atoms with Crippen LogP contribution in [0.3, 0.4) is 0 Å². The van der Waals surface area contributed by atoms with Crippen molar-refractivity contribution >= 4 is 11.6 Å². The molecule has 0 spiro atoms. The second-order valence-corrected chi connectivity index (χ2v) is 9.47. The number of allylic oxidation sites excluding steroid dienone is 4. The Balaban J connectivity index is 1.72. The summed E-state index contributed by atoms with van der Waals surface area (Å²) in [6.45, 7) is 4.01. The molecule has 0 radical (unpaired) electrons. The Labute approximate surface area is 160 Å². The number of aliphatic hydroxyl groups excluding tert-OH is 1. The van der Waals surface area contributed by atoms with Gasteiger partial charge in [0.25, 0.3) is 0 Å². The Kier molecular flexibility index (Phi) is 4.30. The normalized spacial score (nSPS) is 48.5. The number of aliphatic hydroxyl groups is 2. The van der Waals surface area contributed by atoms with Crippen LogP contribution in [0, 0.1) is 28.6 Å². The first-order chi connectivity index (χ1) is 12.7. The quantitative estimate of drug-likeness (QED) is 0.791. The SMILES string of the molecule is COCC(=O)C1(O)CCC2C3CCC4=CC(=O)C=CC4(C)C3C(O)CC21C. The number of hydrogen-bond donors (Lipinski definition) is 2. The number of hydrogen-bond acceptors (Lipinski definition) is 5. The zero-order valence-corrected chi connectivity index (χ0v) is 16.4. The average Bonchev–Trinajstić information content (AvgIpc) is 2.87. The number of ketones is 2. The first-order valence-corrected chi connectivity index (χ1v) is 10.0. The van der Waals surface area contributed by atoms with Gasteiger partial charge in [-0.15, -0.1) is 0 Å². The van der Waals surface area contributed by atoms with Crippen LogP contribution in [0.15, 0.2) is 23.8 Å². The molecule has 4 rings (SSSR count). The fraction of sp³-hybridized carbons (Fsp3) is 0.727. The predicted octanol–water partition coefficient (Wildman–Crippen LogP) is 2.21. The molecular weight excluding hydrogens is 344 g/mol. The van der Waals surface area contributed by atoms with Crippen LogP contribution in [-0.2, 0) is 14.3 Å². The summed E-state index contributed by atoms with van der Waals surface area (Å²) in [6.07, 6.45) is 8.05. The lowest BCUT2D eigenvalue weighted by Crippen LogP contribution is -2.61. The van der Waals surface area contributed by atoms with Crippen LogP contribution < -0.4 is 0 Å². The molecule has 148 valence electrons. The van der Waals surface area contributed by atoms with Gasteiger partial charge in [0, 0.05) is 23.9 Å². The lowest BCUT2D eigenvalue weighted by atomic mass is 9.46. The highest BCUT2D eigenvalue weighted by Crippen LogP contribution is 2.67. The van der Waals surface area contributed by atoms with Crippen LogP contribution in [0.25, 0.3) is 0 Å². The van der Waals surface area contributed by atoms with E-state index in [2.05, 4.69) is 6.92 Å². The molecule has 0 aromatic rings. The smallest absolute Gasteiger partial charge is 0.190 e. The van der Waals surface area contributed by atoms with Crippen molar-refractivity contribution in [3.63, 3.8) is 0 Å². The minimum absolute atomic E-state index is 0.0137. The first kappa shape index (κ1) is 19.0. The molecule has 7 atom stereocenters. The molecule has 7 unspecified atom stereocenters. The Hall–Kier alpha value is -1.30. The fourth-order valence-electron chi connectivity index (χ4n) is 7.04. The van der Waals surface area contributed by atoms with Gasteiger partial charge in [0.1, 0.15) is 12.2 Å². The van der Waals surface area contributed by atoms with E-state index < -0.39 is 17.1 Å². The van der Waals surface area contributed by atoms with Crippen molar-refractivity contribution in [2.75, 3.05) is 13.7 Å². The van der Waals surface area contributed by atoms with Gasteiger partial charge >= 0.3 is 0 Å². The Bertz CT molecular complexity index is 739. The van der Waals surface area contributed by atoms with Crippen LogP contribution >= 0.6 is 0 Å². The Morgan fingerprint density at radius 2 is 2.07 bits per heavy atom. The molecule has 5 heteroatoms. The van der Waals surface area contributed by atoms with Gasteiger partial charge in [0.2, 0.25) is 0 Å². The summed E-state index contributed by atoms with van der Waals surface area (Å²) in [5.41, 5.74) is -1.29. The molecule has 0 saturated heterocycles.